The minimum absolute atomic E-state index is 0.706. The summed E-state index contributed by atoms with van der Waals surface area (Å²) < 4.78 is 0. The normalized spacial score (nSPS) is 13.1. The molecule has 0 saturated heterocycles. The molecular formula is C19H18Cl5NSi3. The van der Waals surface area contributed by atoms with Crippen LogP contribution in [0.3, 0.4) is 0 Å². The van der Waals surface area contributed by atoms with Gasteiger partial charge in [0.1, 0.15) is 0 Å². The van der Waals surface area contributed by atoms with Crippen LogP contribution in [0.5, 0.6) is 0 Å². The van der Waals surface area contributed by atoms with E-state index in [0.717, 1.165) is 22.2 Å². The second-order valence-electron chi connectivity index (χ2n) is 6.39. The van der Waals surface area contributed by atoms with Crippen LogP contribution in [0, 0.1) is 0 Å². The van der Waals surface area contributed by atoms with Crippen molar-refractivity contribution >= 4 is 111 Å². The molecule has 3 aromatic rings. The molecule has 0 amide bonds. The number of halogens is 5. The minimum Gasteiger partial charge on any atom is -0.311 e. The molecule has 28 heavy (non-hydrogen) atoms. The molecule has 1 unspecified atom stereocenters. The fourth-order valence-corrected chi connectivity index (χ4v) is 6.66. The lowest BCUT2D eigenvalue weighted by Crippen LogP contribution is -2.29. The second-order valence-corrected chi connectivity index (χ2v) is 20.6. The summed E-state index contributed by atoms with van der Waals surface area (Å²) in [6.07, 6.45) is 0. The van der Waals surface area contributed by atoms with Crippen molar-refractivity contribution in [1.82, 2.24) is 0 Å². The lowest BCUT2D eigenvalue weighted by atomic mass is 10.2. The van der Waals surface area contributed by atoms with Crippen molar-refractivity contribution in [3.05, 3.63) is 72.8 Å². The van der Waals surface area contributed by atoms with E-state index in [1.165, 1.54) is 10.4 Å². The summed E-state index contributed by atoms with van der Waals surface area (Å²) in [6, 6.07) is 21.6. The van der Waals surface area contributed by atoms with E-state index in [0.29, 0.717) is 0 Å². The van der Waals surface area contributed by atoms with Crippen LogP contribution in [0.25, 0.3) is 0 Å². The van der Waals surface area contributed by atoms with Gasteiger partial charge in [0.15, 0.2) is 16.9 Å². The predicted molar refractivity (Wildman–Crippen MR) is 137 cm³/mol. The molecule has 0 bridgehead atoms. The average molecular weight is 522 g/mol. The summed E-state index contributed by atoms with van der Waals surface area (Å²) in [7, 11) is -2.07. The Hall–Kier alpha value is -0.439. The molecule has 0 N–H and O–H groups in total. The predicted octanol–water partition coefficient (Wildman–Crippen LogP) is 4.77. The molecule has 0 heterocycles. The van der Waals surface area contributed by atoms with Crippen molar-refractivity contribution in [3.8, 4) is 0 Å². The first-order valence-corrected chi connectivity index (χ1v) is 20.0. The number of hydrogen-bond donors (Lipinski definition) is 0. The van der Waals surface area contributed by atoms with Crippen molar-refractivity contribution in [2.45, 2.75) is 6.55 Å². The zero-order chi connectivity index (χ0) is 20.3. The fourth-order valence-electron chi connectivity index (χ4n) is 2.87. The van der Waals surface area contributed by atoms with Gasteiger partial charge in [-0.05, 0) is 52.0 Å². The highest BCUT2D eigenvalue weighted by Crippen LogP contribution is 2.34. The third kappa shape index (κ3) is 5.37. The smallest absolute Gasteiger partial charge is 0.311 e. The second kappa shape index (κ2) is 9.58. The summed E-state index contributed by atoms with van der Waals surface area (Å²) in [5, 5.41) is 3.19. The molecule has 1 nitrogen and oxygen atoms in total. The summed E-state index contributed by atoms with van der Waals surface area (Å²) in [5.41, 5.74) is 3.09. The van der Waals surface area contributed by atoms with Gasteiger partial charge in [-0.15, -0.1) is 33.2 Å². The van der Waals surface area contributed by atoms with Gasteiger partial charge in [0, 0.05) is 17.1 Å². The highest BCUT2D eigenvalue weighted by Gasteiger charge is 2.28. The van der Waals surface area contributed by atoms with Crippen LogP contribution >= 0.6 is 55.4 Å². The van der Waals surface area contributed by atoms with Crippen LogP contribution < -0.4 is 20.5 Å². The molecule has 0 aliphatic carbocycles. The van der Waals surface area contributed by atoms with Crippen molar-refractivity contribution < 1.29 is 0 Å². The Morgan fingerprint density at radius 2 is 1.18 bits per heavy atom. The third-order valence-corrected chi connectivity index (χ3v) is 11.1. The van der Waals surface area contributed by atoms with Crippen LogP contribution in [0.1, 0.15) is 0 Å². The van der Waals surface area contributed by atoms with Gasteiger partial charge in [-0.2, -0.15) is 22.2 Å². The molecule has 0 spiro atoms. The van der Waals surface area contributed by atoms with Gasteiger partial charge >= 0.3 is 6.00 Å². The highest BCUT2D eigenvalue weighted by atomic mass is 35.8. The molecule has 9 heteroatoms. The largest absolute Gasteiger partial charge is 0.372 e. The quantitative estimate of drug-likeness (QED) is 0.334. The Bertz CT molecular complexity index is 910. The number of nitrogens with zero attached hydrogens (tertiary/aromatic N) is 1. The van der Waals surface area contributed by atoms with E-state index in [9.17, 15) is 0 Å². The Morgan fingerprint density at radius 1 is 0.750 bits per heavy atom. The van der Waals surface area contributed by atoms with Crippen molar-refractivity contribution in [1.29, 1.82) is 0 Å². The first kappa shape index (κ1) is 22.3. The van der Waals surface area contributed by atoms with Gasteiger partial charge in [0.05, 0.1) is 0 Å². The molecule has 0 aliphatic heterocycles. The van der Waals surface area contributed by atoms with E-state index in [2.05, 4.69) is 60.0 Å². The number of rotatable bonds is 6. The molecule has 0 aliphatic rings. The van der Waals surface area contributed by atoms with Crippen molar-refractivity contribution in [2.24, 2.45) is 0 Å². The molecule has 3 aromatic carbocycles. The van der Waals surface area contributed by atoms with Crippen LogP contribution in [-0.2, 0) is 0 Å². The van der Waals surface area contributed by atoms with E-state index in [1.54, 1.807) is 0 Å². The van der Waals surface area contributed by atoms with Crippen LogP contribution in [0.15, 0.2) is 72.8 Å². The molecule has 0 saturated carbocycles. The highest BCUT2D eigenvalue weighted by molar-refractivity contribution is 7.69. The third-order valence-electron chi connectivity index (χ3n) is 4.41. The maximum Gasteiger partial charge on any atom is 0.372 e. The molecule has 146 valence electrons. The molecule has 0 fully saturated rings. The van der Waals surface area contributed by atoms with Crippen LogP contribution in [0.4, 0.5) is 17.1 Å². The van der Waals surface area contributed by atoms with E-state index in [-0.39, 0.29) is 0 Å². The maximum atomic E-state index is 6.35. The van der Waals surface area contributed by atoms with E-state index >= 15 is 0 Å². The van der Waals surface area contributed by atoms with Crippen LogP contribution in [-0.4, -0.2) is 22.9 Å². The standard InChI is InChI=1S/C19H18Cl5NSi3/c1-27(21)18-10-4-15(5-11-18)25(14-2-8-17(26-20)9-3-14)16-6-12-19(13-7-16)28(22,23)24/h2-13,27H,26H2,1H3. The van der Waals surface area contributed by atoms with Gasteiger partial charge in [0.2, 0.25) is 0 Å². The molecule has 3 rings (SSSR count). The number of hydrogen-bond acceptors (Lipinski definition) is 1. The molecular weight excluding hydrogens is 504 g/mol. The fraction of sp³-hybridized carbons (Fsp3) is 0.0526. The SMILES string of the molecule is C[SiH](Cl)c1ccc(N(c2ccc([SiH2]Cl)cc2)c2ccc([Si](Cl)(Cl)Cl)cc2)cc1. The molecule has 1 atom stereocenters. The van der Waals surface area contributed by atoms with E-state index in [1.807, 2.05) is 24.3 Å². The lowest BCUT2D eigenvalue weighted by molar-refractivity contribution is 1.29. The average Bonchev–Trinajstić information content (AvgIpc) is 2.69. The summed E-state index contributed by atoms with van der Waals surface area (Å²) in [6.45, 7) is 2.10. The Kier molecular flexibility index (Phi) is 7.61. The van der Waals surface area contributed by atoms with Crippen LogP contribution in [0.2, 0.25) is 6.55 Å². The monoisotopic (exact) mass is 519 g/mol. The zero-order valence-corrected chi connectivity index (χ0v) is 22.4. The topological polar surface area (TPSA) is 3.24 Å². The zero-order valence-electron chi connectivity index (χ0n) is 15.0. The summed E-state index contributed by atoms with van der Waals surface area (Å²) >= 11 is 30.9. The minimum atomic E-state index is -2.90. The lowest BCUT2D eigenvalue weighted by Gasteiger charge is -2.26. The van der Waals surface area contributed by atoms with Gasteiger partial charge in [-0.1, -0.05) is 42.9 Å². The first-order valence-electron chi connectivity index (χ1n) is 8.66. The molecule has 0 radical (unpaired) electrons. The van der Waals surface area contributed by atoms with Crippen molar-refractivity contribution in [2.75, 3.05) is 4.90 Å². The van der Waals surface area contributed by atoms with Gasteiger partial charge < -0.3 is 4.90 Å². The summed E-state index contributed by atoms with van der Waals surface area (Å²) in [4.78, 5) is 2.17. The summed E-state index contributed by atoms with van der Waals surface area (Å²) in [5.74, 6) is 0. The Labute approximate surface area is 194 Å². The number of anilines is 3. The Balaban J connectivity index is 2.05. The van der Waals surface area contributed by atoms with Crippen molar-refractivity contribution in [3.63, 3.8) is 0 Å². The van der Waals surface area contributed by atoms with Gasteiger partial charge in [0.25, 0.3) is 0 Å². The number of benzene rings is 3. The van der Waals surface area contributed by atoms with Gasteiger partial charge in [-0.25, -0.2) is 0 Å². The molecule has 0 aromatic heterocycles. The van der Waals surface area contributed by atoms with Gasteiger partial charge in [-0.3, -0.25) is 0 Å². The Morgan fingerprint density at radius 3 is 1.57 bits per heavy atom. The van der Waals surface area contributed by atoms with E-state index < -0.39 is 22.9 Å². The maximum absolute atomic E-state index is 6.35. The first-order chi connectivity index (χ1) is 13.3. The van der Waals surface area contributed by atoms with E-state index in [4.69, 9.17) is 55.4 Å².